The minimum absolute atomic E-state index is 0.0207. The molecule has 41 heteroatoms. The Morgan fingerprint density at radius 3 is 0.780 bits per heavy atom. The molecule has 8 heterocycles. The van der Waals surface area contributed by atoms with Gasteiger partial charge >= 0.3 is 0 Å². The SMILES string of the molecule is CCOCc1nc2c(NC[C@@H](NC(=O)COCCOCC(COCCOCC(=O)N[C@H](C(=O)Nc3nc4ccccc4c4c3nc(COCC)n4CC(C)(C)O)C(C)C)(COCCOCC(=O)N[C@H](CNc3nc4ccccc4c4c3nc(COCC)n4CC(C)(C)O)C(C)C)COCCOCC(=O)N[C@H](CNc3nc4ccccc4c4c3nc(COCC)n4CC(C)(C)O)C(C)C)C(C)C)nc3ccccc3c2n1CC(C)(C)O. The quantitative estimate of drug-likeness (QED) is 0.0158. The van der Waals surface area contributed by atoms with Gasteiger partial charge in [-0.1, -0.05) is 128 Å². The number of pyridine rings is 4. The van der Waals surface area contributed by atoms with Crippen molar-refractivity contribution in [2.24, 2.45) is 29.1 Å². The number of imidazole rings is 4. The lowest BCUT2D eigenvalue weighted by Gasteiger charge is -2.33. The Bertz CT molecular complexity index is 6000. The monoisotopic (exact) mass is 2080 g/mol. The molecule has 0 aliphatic heterocycles. The molecule has 12 aromatic rings. The van der Waals surface area contributed by atoms with Crippen LogP contribution in [0.4, 0.5) is 23.3 Å². The Balaban J connectivity index is 0.734. The molecule has 12 N–H and O–H groups in total. The van der Waals surface area contributed by atoms with Crippen molar-refractivity contribution in [2.75, 3.05) is 173 Å². The lowest BCUT2D eigenvalue weighted by molar-refractivity contribution is -0.134. The van der Waals surface area contributed by atoms with Gasteiger partial charge in [-0.25, -0.2) is 39.9 Å². The summed E-state index contributed by atoms with van der Waals surface area (Å²) in [5.74, 6) is 1.22. The molecule has 0 aliphatic rings. The highest BCUT2D eigenvalue weighted by Crippen LogP contribution is 2.38. The fraction of sp³-hybridized carbons (Fsp3) is 0.587. The molecule has 4 atom stereocenters. The zero-order valence-corrected chi connectivity index (χ0v) is 90.9. The van der Waals surface area contributed by atoms with Crippen molar-refractivity contribution in [3.8, 4) is 0 Å². The van der Waals surface area contributed by atoms with E-state index < -0.39 is 76.3 Å². The lowest BCUT2D eigenvalue weighted by atomic mass is 9.92. The number of nitrogens with one attached hydrogen (secondary N) is 8. The van der Waals surface area contributed by atoms with Gasteiger partial charge in [0.15, 0.2) is 23.3 Å². The summed E-state index contributed by atoms with van der Waals surface area (Å²) in [6.07, 6.45) is 0. The number of hydrogen-bond donors (Lipinski definition) is 12. The van der Waals surface area contributed by atoms with Gasteiger partial charge in [-0.3, -0.25) is 24.0 Å². The molecule has 150 heavy (non-hydrogen) atoms. The molecule has 8 aromatic heterocycles. The van der Waals surface area contributed by atoms with Crippen LogP contribution in [0.15, 0.2) is 97.1 Å². The molecule has 0 spiro atoms. The largest absolute Gasteiger partial charge is 0.389 e. The van der Waals surface area contributed by atoms with Gasteiger partial charge in [0.1, 0.15) is 104 Å². The van der Waals surface area contributed by atoms with Crippen LogP contribution in [-0.2, 0) is 133 Å². The van der Waals surface area contributed by atoms with Crippen LogP contribution < -0.4 is 42.5 Å². The maximum absolute atomic E-state index is 14.5. The van der Waals surface area contributed by atoms with E-state index in [0.717, 1.165) is 38.1 Å². The van der Waals surface area contributed by atoms with Gasteiger partial charge in [0.2, 0.25) is 29.5 Å². The van der Waals surface area contributed by atoms with E-state index in [4.69, 9.17) is 96.7 Å². The van der Waals surface area contributed by atoms with Crippen LogP contribution in [0, 0.1) is 29.1 Å². The van der Waals surface area contributed by atoms with Crippen molar-refractivity contribution in [3.05, 3.63) is 120 Å². The zero-order chi connectivity index (χ0) is 108. The van der Waals surface area contributed by atoms with Crippen molar-refractivity contribution >= 4 is 141 Å². The van der Waals surface area contributed by atoms with Crippen LogP contribution >= 0.6 is 0 Å². The highest BCUT2D eigenvalue weighted by atomic mass is 16.6. The standard InChI is InChI=1S/C109H158N20O21/c1-21-139-52-83-120-92-96(126(83)60-105(13,14)135)72-33-25-29-37-76(72)116-100(92)110-49-80(68(5)6)113-87(130)56-143-41-45-147-64-109(65-148-46-42-144-57-88(131)114-81(69(7)8)50-111-101-93-97(73-34-26-30-38-77(73)117-101)127(61-106(15,16)136)84(121-93)53-140-22-2,66-149-47-43-145-58-89(132)115-82(70(9)10)51-112-102-94-98(74-35-27-31-39-78(74)118-102)128(62-107(17,18)137)85(122-94)54-141-23-3)67-150-48-44-146-59-90(133)124-91(71(11)12)104(134)125-103-95-99(75-36-28-32-40-79(75)119-103)129(63-108(19,20)138)86(123-95)55-142-24-4/h25-40,68-71,80-82,91,135-138H,21-24,41-67H2,1-20H3,(H,110,116)(H,111,117)(H,112,118)(H,113,130)(H,114,131)(H,115,132)(H,124,133)(H,119,125,134)/t80-,81-,82-,91+/m1/s1. The van der Waals surface area contributed by atoms with E-state index in [1.165, 1.54) is 0 Å². The summed E-state index contributed by atoms with van der Waals surface area (Å²) in [4.78, 5) is 110. The number of benzene rings is 4. The van der Waals surface area contributed by atoms with Crippen LogP contribution in [0.1, 0.15) is 162 Å². The van der Waals surface area contributed by atoms with E-state index in [-0.39, 0.29) is 213 Å². The summed E-state index contributed by atoms with van der Waals surface area (Å²) in [6, 6.07) is 28.4. The molecule has 12 rings (SSSR count). The molecule has 0 aliphatic carbocycles. The molecule has 0 saturated carbocycles. The first-order valence-electron chi connectivity index (χ1n) is 52.2. The van der Waals surface area contributed by atoms with Gasteiger partial charge in [0.25, 0.3) is 0 Å². The minimum Gasteiger partial charge on any atom is -0.389 e. The zero-order valence-electron chi connectivity index (χ0n) is 90.9. The predicted octanol–water partition coefficient (Wildman–Crippen LogP) is 11.5. The van der Waals surface area contributed by atoms with Crippen molar-refractivity contribution in [2.45, 2.75) is 238 Å². The molecular weight excluding hydrogens is 1930 g/mol. The van der Waals surface area contributed by atoms with Crippen molar-refractivity contribution in [3.63, 3.8) is 0 Å². The number of carbonyl (C=O) groups excluding carboxylic acids is 5. The van der Waals surface area contributed by atoms with Gasteiger partial charge in [0, 0.05) is 85.7 Å². The number of para-hydroxylation sites is 4. The van der Waals surface area contributed by atoms with E-state index in [1.807, 2.05) is 185 Å². The van der Waals surface area contributed by atoms with E-state index in [2.05, 4.69) is 42.5 Å². The average Bonchev–Trinajstić information content (AvgIpc) is 1.60. The highest BCUT2D eigenvalue weighted by molar-refractivity contribution is 6.12. The topological polar surface area (TPSA) is 496 Å². The van der Waals surface area contributed by atoms with E-state index in [9.17, 15) is 44.4 Å². The Kier molecular flexibility index (Phi) is 42.7. The maximum Gasteiger partial charge on any atom is 0.248 e. The fourth-order valence-electron chi connectivity index (χ4n) is 17.6. The summed E-state index contributed by atoms with van der Waals surface area (Å²) in [5.41, 5.74) is 2.29. The number of amides is 5. The number of rotatable bonds is 67. The van der Waals surface area contributed by atoms with Crippen LogP contribution in [-0.4, -0.2) is 306 Å². The Labute approximate surface area is 876 Å². The number of aliphatic hydroxyl groups is 4. The van der Waals surface area contributed by atoms with Gasteiger partial charge in [0.05, 0.1) is 177 Å². The number of nitrogens with zero attached hydrogens (tertiary/aromatic N) is 12. The molecule has 820 valence electrons. The fourth-order valence-corrected chi connectivity index (χ4v) is 17.6. The molecule has 5 amide bonds. The summed E-state index contributed by atoms with van der Waals surface area (Å²) in [7, 11) is 0. The lowest BCUT2D eigenvalue weighted by Crippen LogP contribution is -2.48. The van der Waals surface area contributed by atoms with Crippen LogP contribution in [0.2, 0.25) is 0 Å². The summed E-state index contributed by atoms with van der Waals surface area (Å²) >= 11 is 0. The molecule has 0 saturated heterocycles. The number of anilines is 4. The second-order valence-electron chi connectivity index (χ2n) is 42.0. The predicted molar refractivity (Wildman–Crippen MR) is 577 cm³/mol. The van der Waals surface area contributed by atoms with Crippen LogP contribution in [0.3, 0.4) is 0 Å². The minimum atomic E-state index is -1.16. The van der Waals surface area contributed by atoms with Gasteiger partial charge in [-0.2, -0.15) is 0 Å². The number of aromatic nitrogens is 12. The van der Waals surface area contributed by atoms with Gasteiger partial charge in [-0.15, -0.1) is 0 Å². The number of ether oxygens (including phenoxy) is 12. The summed E-state index contributed by atoms with van der Waals surface area (Å²) < 4.78 is 81.3. The Morgan fingerprint density at radius 2 is 0.540 bits per heavy atom. The third-order valence-electron chi connectivity index (χ3n) is 25.1. The first-order valence-corrected chi connectivity index (χ1v) is 52.2. The molecule has 0 unspecified atom stereocenters. The normalized spacial score (nSPS) is 13.4. The van der Waals surface area contributed by atoms with Crippen LogP contribution in [0.25, 0.3) is 87.7 Å². The number of fused-ring (bicyclic) bond motifs is 12. The second-order valence-corrected chi connectivity index (χ2v) is 42.0. The Hall–Kier alpha value is -11.5. The second kappa shape index (κ2) is 54.7. The third-order valence-corrected chi connectivity index (χ3v) is 25.1. The first kappa shape index (κ1) is 117. The number of hydrogen-bond acceptors (Lipinski definition) is 32. The van der Waals surface area contributed by atoms with Crippen molar-refractivity contribution in [1.82, 2.24) is 79.4 Å². The molecule has 41 nitrogen and oxygen atoms in total. The smallest absolute Gasteiger partial charge is 0.248 e. The van der Waals surface area contributed by atoms with E-state index in [1.54, 1.807) is 69.2 Å². The first-order chi connectivity index (χ1) is 71.6. The third kappa shape index (κ3) is 33.0. The maximum atomic E-state index is 14.5. The summed E-state index contributed by atoms with van der Waals surface area (Å²) in [5, 5.41) is 73.7. The van der Waals surface area contributed by atoms with Crippen molar-refractivity contribution in [1.29, 1.82) is 0 Å². The molecule has 0 fully saturated rings. The van der Waals surface area contributed by atoms with E-state index in [0.29, 0.717) is 117 Å². The van der Waals surface area contributed by atoms with Crippen molar-refractivity contribution < 1.29 is 101 Å². The Morgan fingerprint density at radius 1 is 0.307 bits per heavy atom. The van der Waals surface area contributed by atoms with E-state index >= 15 is 0 Å². The molecule has 4 aromatic carbocycles. The van der Waals surface area contributed by atoms with Gasteiger partial charge < -0.3 is 138 Å². The molecule has 0 bridgehead atoms. The van der Waals surface area contributed by atoms with Crippen LogP contribution in [0.5, 0.6) is 0 Å². The number of carbonyl (C=O) groups is 5. The van der Waals surface area contributed by atoms with Gasteiger partial charge in [-0.05, 0) is 131 Å². The molecular formula is C109H158N20O21. The average molecular weight is 2080 g/mol. The highest BCUT2D eigenvalue weighted by Gasteiger charge is 2.37. The molecule has 0 radical (unpaired) electrons. The summed E-state index contributed by atoms with van der Waals surface area (Å²) in [6.45, 7) is 39.3.